The van der Waals surface area contributed by atoms with Gasteiger partial charge in [-0.15, -0.1) is 0 Å². The lowest BCUT2D eigenvalue weighted by Crippen LogP contribution is -2.36. The van der Waals surface area contributed by atoms with Crippen LogP contribution in [0.3, 0.4) is 0 Å². The number of nitrogens with zero attached hydrogens (tertiary/aromatic N) is 6. The lowest BCUT2D eigenvalue weighted by molar-refractivity contribution is -0.110. The molecule has 218 valence electrons. The molecule has 0 heterocycles. The summed E-state index contributed by atoms with van der Waals surface area (Å²) >= 11 is 0. The van der Waals surface area contributed by atoms with Crippen molar-refractivity contribution in [2.75, 3.05) is 57.3 Å². The van der Waals surface area contributed by atoms with E-state index in [1.807, 2.05) is 0 Å². The number of rotatable bonds is 15. The van der Waals surface area contributed by atoms with Crippen molar-refractivity contribution in [3.05, 3.63) is 72.8 Å². The summed E-state index contributed by atoms with van der Waals surface area (Å²) in [4.78, 5) is 35.7. The molecule has 0 fully saturated rings. The Morgan fingerprint density at radius 3 is 0.951 bits per heavy atom. The van der Waals surface area contributed by atoms with Crippen LogP contribution in [-0.2, 0) is 18.9 Å². The average Bonchev–Trinajstić information content (AvgIpc) is 2.92. The smallest absolute Gasteiger partial charge is 0.384 e. The highest BCUT2D eigenvalue weighted by atomic mass is 31.2. The number of benzene rings is 3. The second-order valence-electron chi connectivity index (χ2n) is 9.02. The number of hydrogen-bond acceptors (Lipinski definition) is 10. The van der Waals surface area contributed by atoms with Crippen molar-refractivity contribution in [1.29, 1.82) is 0 Å². The Labute approximate surface area is 239 Å². The molecule has 3 amide bonds. The highest BCUT2D eigenvalue weighted by molar-refractivity contribution is 7.49. The topological polar surface area (TPSA) is 115 Å². The van der Waals surface area contributed by atoms with Gasteiger partial charge < -0.3 is 13.6 Å². The minimum Gasteiger partial charge on any atom is -0.384 e. The van der Waals surface area contributed by atoms with Gasteiger partial charge >= 0.3 is 7.82 Å². The van der Waals surface area contributed by atoms with Crippen LogP contribution in [0.5, 0.6) is 17.2 Å². The van der Waals surface area contributed by atoms with Gasteiger partial charge in [0.25, 0.3) is 0 Å². The second-order valence-corrected chi connectivity index (χ2v) is 10.5. The van der Waals surface area contributed by atoms with Gasteiger partial charge in [-0.1, -0.05) is 36.4 Å². The van der Waals surface area contributed by atoms with E-state index in [9.17, 15) is 18.9 Å². The number of phosphoric acid groups is 1. The van der Waals surface area contributed by atoms with E-state index >= 15 is 0 Å². The zero-order valence-corrected chi connectivity index (χ0v) is 24.5. The third-order valence-corrected chi connectivity index (χ3v) is 6.82. The van der Waals surface area contributed by atoms with E-state index < -0.39 is 7.82 Å². The van der Waals surface area contributed by atoms with Crippen LogP contribution in [0.4, 0.5) is 17.1 Å². The predicted octanol–water partition coefficient (Wildman–Crippen LogP) is 3.65. The third-order valence-electron chi connectivity index (χ3n) is 5.56. The number of phosphoric ester groups is 1. The molecule has 3 rings (SSSR count). The number of carbonyl (C=O) groups is 3. The Hall–Kier alpha value is -4.42. The molecule has 0 N–H and O–H groups in total. The summed E-state index contributed by atoms with van der Waals surface area (Å²) in [6, 6.07) is 19.2. The molecular weight excluding hydrogens is 551 g/mol. The minimum absolute atomic E-state index is 0.00583. The van der Waals surface area contributed by atoms with Crippen molar-refractivity contribution >= 4 is 44.1 Å². The first-order valence-electron chi connectivity index (χ1n) is 12.3. The first-order chi connectivity index (χ1) is 19.5. The Balaban J connectivity index is 2.18. The van der Waals surface area contributed by atoms with Crippen LogP contribution in [0.2, 0.25) is 0 Å². The number of carbonyl (C=O) groups excluding carboxylic acids is 3. The summed E-state index contributed by atoms with van der Waals surface area (Å²) in [5.74, 6) is 0.0175. The SMILES string of the molecule is CN(C)N(C=O)c1ccccc1OP(=O)(Oc1ccccc1N(C=O)N(C)C)Oc1ccccc1N(C=O)N(C)C. The monoisotopic (exact) mass is 584 g/mol. The number of hydrazine groups is 3. The number of para-hydroxylation sites is 6. The minimum atomic E-state index is -4.69. The van der Waals surface area contributed by atoms with Gasteiger partial charge in [-0.05, 0) is 36.4 Å². The Morgan fingerprint density at radius 2 is 0.732 bits per heavy atom. The number of anilines is 3. The maximum atomic E-state index is 14.6. The molecule has 0 aliphatic rings. The van der Waals surface area contributed by atoms with Gasteiger partial charge in [-0.2, -0.15) is 4.57 Å². The molecule has 0 bridgehead atoms. The largest absolute Gasteiger partial charge is 0.647 e. The quantitative estimate of drug-likeness (QED) is 0.149. The number of hydrogen-bond donors (Lipinski definition) is 0. The molecular formula is C27H33N6O7P. The molecule has 13 nitrogen and oxygen atoms in total. The summed E-state index contributed by atoms with van der Waals surface area (Å²) in [5, 5.41) is 8.23. The highest BCUT2D eigenvalue weighted by Gasteiger charge is 2.37. The summed E-state index contributed by atoms with van der Waals surface area (Å²) in [6.07, 6.45) is 1.70. The molecule has 14 heteroatoms. The molecule has 0 radical (unpaired) electrons. The van der Waals surface area contributed by atoms with Crippen LogP contribution in [0.15, 0.2) is 72.8 Å². The molecule has 0 saturated heterocycles. The van der Waals surface area contributed by atoms with Gasteiger partial charge in [0.1, 0.15) is 17.1 Å². The molecule has 0 spiro atoms. The lowest BCUT2D eigenvalue weighted by atomic mass is 10.3. The van der Waals surface area contributed by atoms with Crippen molar-refractivity contribution < 1.29 is 32.5 Å². The van der Waals surface area contributed by atoms with E-state index in [0.29, 0.717) is 19.2 Å². The lowest BCUT2D eigenvalue weighted by Gasteiger charge is -2.30. The Kier molecular flexibility index (Phi) is 10.5. The zero-order chi connectivity index (χ0) is 30.2. The molecule has 0 aromatic heterocycles. The molecule has 0 unspecified atom stereocenters. The highest BCUT2D eigenvalue weighted by Crippen LogP contribution is 2.54. The molecule has 0 aliphatic heterocycles. The van der Waals surface area contributed by atoms with Gasteiger partial charge in [0.15, 0.2) is 17.2 Å². The first-order valence-corrected chi connectivity index (χ1v) is 13.7. The molecule has 3 aromatic carbocycles. The fraction of sp³-hybridized carbons (Fsp3) is 0.222. The maximum Gasteiger partial charge on any atom is 0.647 e. The molecule has 0 saturated carbocycles. The fourth-order valence-corrected chi connectivity index (χ4v) is 4.99. The summed E-state index contributed by atoms with van der Waals surface area (Å²) in [6.45, 7) is 0. The molecule has 3 aromatic rings. The second kappa shape index (κ2) is 13.8. The van der Waals surface area contributed by atoms with Gasteiger partial charge in [0.05, 0.1) is 0 Å². The standard InChI is InChI=1S/C27H33N6O7P/c1-28(2)31(19-34)22-13-7-10-16-25(22)38-41(37,39-26-17-11-8-14-23(26)32(20-35)29(3)4)40-27-18-12-9-15-24(27)33(21-36)30(5)6/h7-21H,1-6H3. The normalized spacial score (nSPS) is 11.2. The summed E-state index contributed by atoms with van der Waals surface area (Å²) in [7, 11) is 5.20. The van der Waals surface area contributed by atoms with E-state index in [0.717, 1.165) is 0 Å². The van der Waals surface area contributed by atoms with Crippen LogP contribution >= 0.6 is 7.82 Å². The molecule has 41 heavy (non-hydrogen) atoms. The van der Waals surface area contributed by atoms with Crippen molar-refractivity contribution in [2.24, 2.45) is 0 Å². The van der Waals surface area contributed by atoms with E-state index in [-0.39, 0.29) is 34.3 Å². The molecule has 0 aliphatic carbocycles. The fourth-order valence-electron chi connectivity index (χ4n) is 3.69. The van der Waals surface area contributed by atoms with Crippen LogP contribution in [-0.4, -0.2) is 76.5 Å². The number of amides is 3. The van der Waals surface area contributed by atoms with Gasteiger partial charge in [0, 0.05) is 42.3 Å². The Morgan fingerprint density at radius 1 is 0.488 bits per heavy atom. The van der Waals surface area contributed by atoms with Gasteiger partial charge in [-0.25, -0.2) is 30.1 Å². The first kappa shape index (κ1) is 31.1. The Bertz CT molecular complexity index is 1240. The zero-order valence-electron chi connectivity index (χ0n) is 23.6. The molecule has 0 atom stereocenters. The predicted molar refractivity (Wildman–Crippen MR) is 156 cm³/mol. The average molecular weight is 585 g/mol. The summed E-state index contributed by atoms with van der Waals surface area (Å²) in [5.41, 5.74) is 0.770. The van der Waals surface area contributed by atoms with Gasteiger partial charge in [-0.3, -0.25) is 14.4 Å². The van der Waals surface area contributed by atoms with Crippen molar-refractivity contribution in [2.45, 2.75) is 0 Å². The van der Waals surface area contributed by atoms with E-state index in [1.54, 1.807) is 96.9 Å². The third kappa shape index (κ3) is 7.41. The van der Waals surface area contributed by atoms with Crippen LogP contribution in [0, 0.1) is 0 Å². The van der Waals surface area contributed by atoms with E-state index in [2.05, 4.69) is 0 Å². The van der Waals surface area contributed by atoms with Crippen LogP contribution in [0.25, 0.3) is 0 Å². The summed E-state index contributed by atoms with van der Waals surface area (Å²) < 4.78 is 32.5. The van der Waals surface area contributed by atoms with Crippen LogP contribution < -0.4 is 28.6 Å². The van der Waals surface area contributed by atoms with Gasteiger partial charge in [0.2, 0.25) is 19.2 Å². The van der Waals surface area contributed by atoms with E-state index in [1.165, 1.54) is 48.3 Å². The van der Waals surface area contributed by atoms with Crippen LogP contribution in [0.1, 0.15) is 0 Å². The van der Waals surface area contributed by atoms with Crippen molar-refractivity contribution in [3.63, 3.8) is 0 Å². The maximum absolute atomic E-state index is 14.6. The van der Waals surface area contributed by atoms with E-state index in [4.69, 9.17) is 13.6 Å². The van der Waals surface area contributed by atoms with Crippen molar-refractivity contribution in [1.82, 2.24) is 15.0 Å². The van der Waals surface area contributed by atoms with Crippen molar-refractivity contribution in [3.8, 4) is 17.2 Å².